The number of rotatable bonds is 10. The fourth-order valence-corrected chi connectivity index (χ4v) is 3.81. The number of carboxylic acids is 1. The summed E-state index contributed by atoms with van der Waals surface area (Å²) < 4.78 is 11.9. The number of thiazole rings is 1. The molecule has 0 fully saturated rings. The van der Waals surface area contributed by atoms with E-state index in [0.29, 0.717) is 51.9 Å². The number of halogens is 2. The van der Waals surface area contributed by atoms with E-state index >= 15 is 0 Å². The van der Waals surface area contributed by atoms with Crippen LogP contribution in [0, 0.1) is 0 Å². The third-order valence-electron chi connectivity index (χ3n) is 4.50. The Morgan fingerprint density at radius 2 is 1.85 bits per heavy atom. The SMILES string of the molecule is Cl.O=C(O)CCc1csc(Nc2ncc(Oc3ccccc3Cl)cc2OCc2ccccc2)n1. The number of aliphatic carboxylic acids is 1. The van der Waals surface area contributed by atoms with Gasteiger partial charge in [-0.25, -0.2) is 9.97 Å². The maximum Gasteiger partial charge on any atom is 0.303 e. The van der Waals surface area contributed by atoms with E-state index in [9.17, 15) is 4.79 Å². The summed E-state index contributed by atoms with van der Waals surface area (Å²) in [5.41, 5.74) is 1.71. The number of pyridine rings is 1. The minimum atomic E-state index is -0.857. The average molecular weight is 518 g/mol. The number of aromatic nitrogens is 2. The fourth-order valence-electron chi connectivity index (χ4n) is 2.89. The minimum absolute atomic E-state index is 0. The summed E-state index contributed by atoms with van der Waals surface area (Å²) in [4.78, 5) is 19.7. The van der Waals surface area contributed by atoms with Gasteiger partial charge in [-0.1, -0.05) is 54.1 Å². The van der Waals surface area contributed by atoms with E-state index in [-0.39, 0.29) is 18.8 Å². The molecule has 0 aliphatic heterocycles. The highest BCUT2D eigenvalue weighted by atomic mass is 35.5. The van der Waals surface area contributed by atoms with Gasteiger partial charge in [0.25, 0.3) is 0 Å². The lowest BCUT2D eigenvalue weighted by Crippen LogP contribution is -2.02. The van der Waals surface area contributed by atoms with Crippen molar-refractivity contribution in [3.8, 4) is 17.2 Å². The maximum absolute atomic E-state index is 10.8. The number of nitrogens with zero attached hydrogens (tertiary/aromatic N) is 2. The standard InChI is InChI=1S/C24H20ClN3O4S.ClH/c25-19-8-4-5-9-20(19)32-18-12-21(31-14-16-6-2-1-3-7-16)23(26-13-18)28-24-27-17(15-33-24)10-11-22(29)30;/h1-9,12-13,15H,10-11,14H2,(H,29,30)(H,26,27,28);1H. The van der Waals surface area contributed by atoms with Crippen LogP contribution in [-0.4, -0.2) is 21.0 Å². The van der Waals surface area contributed by atoms with Crippen LogP contribution in [0.2, 0.25) is 5.02 Å². The van der Waals surface area contributed by atoms with Gasteiger partial charge in [0.05, 0.1) is 23.3 Å². The van der Waals surface area contributed by atoms with Crippen LogP contribution < -0.4 is 14.8 Å². The number of hydrogen-bond donors (Lipinski definition) is 2. The van der Waals surface area contributed by atoms with E-state index < -0.39 is 5.97 Å². The molecule has 0 saturated heterocycles. The Bertz CT molecular complexity index is 1240. The molecular weight excluding hydrogens is 497 g/mol. The second-order valence-corrected chi connectivity index (χ2v) is 8.25. The number of anilines is 2. The van der Waals surface area contributed by atoms with E-state index in [1.165, 1.54) is 11.3 Å². The van der Waals surface area contributed by atoms with Crippen molar-refractivity contribution in [3.05, 3.63) is 88.5 Å². The lowest BCUT2D eigenvalue weighted by atomic mass is 10.2. The first-order valence-corrected chi connectivity index (χ1v) is 11.3. The number of carboxylic acid groups (broad SMARTS) is 1. The summed E-state index contributed by atoms with van der Waals surface area (Å²) in [6, 6.07) is 18.7. The largest absolute Gasteiger partial charge is 0.485 e. The molecule has 0 aliphatic rings. The summed E-state index contributed by atoms with van der Waals surface area (Å²) in [6.45, 7) is 0.342. The van der Waals surface area contributed by atoms with Crippen molar-refractivity contribution < 1.29 is 19.4 Å². The molecule has 0 amide bonds. The number of nitrogens with one attached hydrogen (secondary N) is 1. The van der Waals surface area contributed by atoms with Crippen molar-refractivity contribution >= 4 is 52.3 Å². The van der Waals surface area contributed by atoms with Gasteiger partial charge in [0.2, 0.25) is 0 Å². The molecule has 10 heteroatoms. The molecule has 4 aromatic rings. The van der Waals surface area contributed by atoms with Gasteiger partial charge >= 0.3 is 5.97 Å². The summed E-state index contributed by atoms with van der Waals surface area (Å²) in [7, 11) is 0. The number of carbonyl (C=O) groups is 1. The third-order valence-corrected chi connectivity index (χ3v) is 5.62. The topological polar surface area (TPSA) is 93.6 Å². The normalized spacial score (nSPS) is 10.3. The van der Waals surface area contributed by atoms with Crippen LogP contribution in [0.3, 0.4) is 0 Å². The van der Waals surface area contributed by atoms with Crippen LogP contribution in [0.5, 0.6) is 17.2 Å². The number of hydrogen-bond acceptors (Lipinski definition) is 7. The molecule has 0 atom stereocenters. The first kappa shape index (κ1) is 25.3. The van der Waals surface area contributed by atoms with Gasteiger partial charge in [-0.15, -0.1) is 23.7 Å². The highest BCUT2D eigenvalue weighted by Gasteiger charge is 2.13. The molecule has 7 nitrogen and oxygen atoms in total. The van der Waals surface area contributed by atoms with Crippen molar-refractivity contribution in [3.63, 3.8) is 0 Å². The predicted octanol–water partition coefficient (Wildman–Crippen LogP) is 6.75. The lowest BCUT2D eigenvalue weighted by Gasteiger charge is -2.14. The molecule has 2 heterocycles. The molecule has 0 bridgehead atoms. The minimum Gasteiger partial charge on any atom is -0.485 e. The molecule has 0 unspecified atom stereocenters. The first-order valence-electron chi connectivity index (χ1n) is 10.1. The summed E-state index contributed by atoms with van der Waals surface area (Å²) >= 11 is 7.58. The monoisotopic (exact) mass is 517 g/mol. The van der Waals surface area contributed by atoms with Crippen LogP contribution in [0.1, 0.15) is 17.7 Å². The average Bonchev–Trinajstić information content (AvgIpc) is 3.27. The molecule has 0 spiro atoms. The molecular formula is C24H21Cl2N3O4S. The fraction of sp³-hybridized carbons (Fsp3) is 0.125. The van der Waals surface area contributed by atoms with Gasteiger partial charge in [-0.2, -0.15) is 0 Å². The Morgan fingerprint density at radius 1 is 1.09 bits per heavy atom. The second-order valence-electron chi connectivity index (χ2n) is 6.99. The zero-order valence-corrected chi connectivity index (χ0v) is 20.2. The highest BCUT2D eigenvalue weighted by molar-refractivity contribution is 7.13. The molecule has 0 aliphatic carbocycles. The van der Waals surface area contributed by atoms with Crippen LogP contribution in [-0.2, 0) is 17.8 Å². The summed E-state index contributed by atoms with van der Waals surface area (Å²) in [5.74, 6) is 1.07. The predicted molar refractivity (Wildman–Crippen MR) is 135 cm³/mol. The zero-order valence-electron chi connectivity index (χ0n) is 17.8. The Labute approximate surface area is 211 Å². The lowest BCUT2D eigenvalue weighted by molar-refractivity contribution is -0.136. The van der Waals surface area contributed by atoms with Gasteiger partial charge in [-0.3, -0.25) is 4.79 Å². The van der Waals surface area contributed by atoms with Crippen molar-refractivity contribution in [2.75, 3.05) is 5.32 Å². The van der Waals surface area contributed by atoms with E-state index in [0.717, 1.165) is 5.56 Å². The molecule has 2 aromatic carbocycles. The summed E-state index contributed by atoms with van der Waals surface area (Å²) in [6.07, 6.45) is 1.96. The number of aryl methyl sites for hydroxylation is 1. The van der Waals surface area contributed by atoms with Crippen LogP contribution in [0.25, 0.3) is 0 Å². The molecule has 34 heavy (non-hydrogen) atoms. The van der Waals surface area contributed by atoms with Gasteiger partial charge in [0.1, 0.15) is 18.1 Å². The quantitative estimate of drug-likeness (QED) is 0.240. The molecule has 176 valence electrons. The smallest absolute Gasteiger partial charge is 0.303 e. The van der Waals surface area contributed by atoms with Crippen LogP contribution >= 0.6 is 35.3 Å². The Hall–Kier alpha value is -3.33. The maximum atomic E-state index is 10.8. The van der Waals surface area contributed by atoms with E-state index in [2.05, 4.69) is 15.3 Å². The second kappa shape index (κ2) is 12.2. The van der Waals surface area contributed by atoms with E-state index in [1.54, 1.807) is 24.4 Å². The van der Waals surface area contributed by atoms with E-state index in [1.807, 2.05) is 47.8 Å². The van der Waals surface area contributed by atoms with Crippen molar-refractivity contribution in [1.29, 1.82) is 0 Å². The van der Waals surface area contributed by atoms with Crippen LogP contribution in [0.15, 0.2) is 72.2 Å². The van der Waals surface area contributed by atoms with E-state index in [4.69, 9.17) is 26.2 Å². The zero-order chi connectivity index (χ0) is 23.0. The first-order chi connectivity index (χ1) is 16.1. The molecule has 2 N–H and O–H groups in total. The van der Waals surface area contributed by atoms with Crippen molar-refractivity contribution in [2.24, 2.45) is 0 Å². The van der Waals surface area contributed by atoms with Crippen LogP contribution in [0.4, 0.5) is 10.9 Å². The molecule has 0 radical (unpaired) electrons. The number of ether oxygens (including phenoxy) is 2. The number of para-hydroxylation sites is 1. The molecule has 2 aromatic heterocycles. The van der Waals surface area contributed by atoms with Crippen molar-refractivity contribution in [2.45, 2.75) is 19.4 Å². The Balaban J connectivity index is 0.00000324. The third kappa shape index (κ3) is 7.08. The van der Waals surface area contributed by atoms with Gasteiger partial charge in [0, 0.05) is 17.9 Å². The highest BCUT2D eigenvalue weighted by Crippen LogP contribution is 2.35. The molecule has 0 saturated carbocycles. The van der Waals surface area contributed by atoms with Gasteiger partial charge in [0.15, 0.2) is 16.7 Å². The number of benzene rings is 2. The summed E-state index contributed by atoms with van der Waals surface area (Å²) in [5, 5.41) is 14.9. The van der Waals surface area contributed by atoms with Crippen molar-refractivity contribution in [1.82, 2.24) is 9.97 Å². The van der Waals surface area contributed by atoms with Gasteiger partial charge in [-0.05, 0) is 17.7 Å². The van der Waals surface area contributed by atoms with Gasteiger partial charge < -0.3 is 19.9 Å². The Morgan fingerprint density at radius 3 is 2.62 bits per heavy atom. The Kier molecular flexibility index (Phi) is 9.09. The molecule has 4 rings (SSSR count).